The van der Waals surface area contributed by atoms with Crippen molar-refractivity contribution in [2.45, 2.75) is 43.8 Å². The van der Waals surface area contributed by atoms with Crippen LogP contribution >= 0.6 is 11.8 Å². The molecule has 0 spiro atoms. The van der Waals surface area contributed by atoms with Crippen LogP contribution < -0.4 is 5.73 Å². The van der Waals surface area contributed by atoms with Gasteiger partial charge in [-0.1, -0.05) is 11.8 Å². The fraction of sp³-hybridized carbons (Fsp3) is 0.727. The number of nitrogens with two attached hydrogens (primary N) is 1. The van der Waals surface area contributed by atoms with Crippen molar-refractivity contribution in [3.63, 3.8) is 0 Å². The Balaban J connectivity index is 2.22. The minimum atomic E-state index is -0.688. The first-order valence-corrected chi connectivity index (χ1v) is 6.64. The molecular weight excluding hydrogens is 234 g/mol. The molecule has 0 aliphatic heterocycles. The SMILES string of the molecule is Cc1nnc(SCCCCC(C)(N)C#N)n1C. The summed E-state index contributed by atoms with van der Waals surface area (Å²) in [6.07, 6.45) is 2.73. The summed E-state index contributed by atoms with van der Waals surface area (Å²) in [6, 6.07) is 2.11. The molecule has 1 unspecified atom stereocenters. The van der Waals surface area contributed by atoms with Crippen LogP contribution in [0.1, 0.15) is 32.0 Å². The van der Waals surface area contributed by atoms with E-state index in [1.165, 1.54) is 0 Å². The molecule has 0 amide bonds. The number of aryl methyl sites for hydroxylation is 1. The van der Waals surface area contributed by atoms with Gasteiger partial charge in [-0.2, -0.15) is 5.26 Å². The predicted molar refractivity (Wildman–Crippen MR) is 68.5 cm³/mol. The molecule has 1 aromatic rings. The standard InChI is InChI=1S/C11H19N5S/c1-9-14-15-10(16(9)3)17-7-5-4-6-11(2,13)8-12/h4-7,13H2,1-3H3. The van der Waals surface area contributed by atoms with Crippen molar-refractivity contribution < 1.29 is 0 Å². The quantitative estimate of drug-likeness (QED) is 0.615. The van der Waals surface area contributed by atoms with Crippen LogP contribution in [0.4, 0.5) is 0 Å². The Labute approximate surface area is 106 Å². The normalized spacial score (nSPS) is 14.3. The fourth-order valence-corrected chi connectivity index (χ4v) is 2.28. The summed E-state index contributed by atoms with van der Waals surface area (Å²) in [5.74, 6) is 1.90. The van der Waals surface area contributed by atoms with Gasteiger partial charge < -0.3 is 10.3 Å². The molecule has 17 heavy (non-hydrogen) atoms. The largest absolute Gasteiger partial charge is 0.314 e. The summed E-state index contributed by atoms with van der Waals surface area (Å²) in [5, 5.41) is 17.8. The van der Waals surface area contributed by atoms with Crippen molar-refractivity contribution in [3.05, 3.63) is 5.82 Å². The van der Waals surface area contributed by atoms with Gasteiger partial charge in [-0.05, 0) is 33.1 Å². The molecule has 0 bridgehead atoms. The zero-order valence-electron chi connectivity index (χ0n) is 10.6. The Morgan fingerprint density at radius 2 is 2.18 bits per heavy atom. The first-order valence-electron chi connectivity index (χ1n) is 5.65. The molecule has 0 aromatic carbocycles. The maximum atomic E-state index is 8.77. The summed E-state index contributed by atoms with van der Waals surface area (Å²) >= 11 is 1.69. The second kappa shape index (κ2) is 6.03. The lowest BCUT2D eigenvalue weighted by Gasteiger charge is -2.14. The lowest BCUT2D eigenvalue weighted by molar-refractivity contribution is 0.518. The first kappa shape index (κ1) is 14.0. The van der Waals surface area contributed by atoms with Crippen LogP contribution in [0.15, 0.2) is 5.16 Å². The molecular formula is C11H19N5S. The highest BCUT2D eigenvalue weighted by Gasteiger charge is 2.15. The van der Waals surface area contributed by atoms with E-state index in [0.717, 1.165) is 36.0 Å². The summed E-state index contributed by atoms with van der Waals surface area (Å²) in [5.41, 5.74) is 5.05. The molecule has 94 valence electrons. The molecule has 1 atom stereocenters. The second-order valence-corrected chi connectivity index (χ2v) is 5.49. The van der Waals surface area contributed by atoms with E-state index in [9.17, 15) is 0 Å². The first-order chi connectivity index (χ1) is 7.96. The van der Waals surface area contributed by atoms with Gasteiger partial charge in [-0.3, -0.25) is 0 Å². The number of nitrogens with zero attached hydrogens (tertiary/aromatic N) is 4. The Bertz CT molecular complexity index is 404. The van der Waals surface area contributed by atoms with Crippen molar-refractivity contribution in [2.75, 3.05) is 5.75 Å². The Hall–Kier alpha value is -1.06. The van der Waals surface area contributed by atoms with E-state index in [1.54, 1.807) is 18.7 Å². The smallest absolute Gasteiger partial charge is 0.190 e. The van der Waals surface area contributed by atoms with Gasteiger partial charge in [0.25, 0.3) is 0 Å². The molecule has 0 aliphatic rings. The zero-order valence-corrected chi connectivity index (χ0v) is 11.4. The number of nitriles is 1. The van der Waals surface area contributed by atoms with Gasteiger partial charge in [0.1, 0.15) is 11.4 Å². The Kier molecular flexibility index (Phi) is 4.97. The number of hydrogen-bond acceptors (Lipinski definition) is 5. The van der Waals surface area contributed by atoms with E-state index in [4.69, 9.17) is 11.0 Å². The van der Waals surface area contributed by atoms with Gasteiger partial charge in [0.05, 0.1) is 6.07 Å². The van der Waals surface area contributed by atoms with Crippen molar-refractivity contribution in [1.29, 1.82) is 5.26 Å². The molecule has 0 aliphatic carbocycles. The highest BCUT2D eigenvalue weighted by molar-refractivity contribution is 7.99. The monoisotopic (exact) mass is 253 g/mol. The third-order valence-electron chi connectivity index (χ3n) is 2.63. The number of unbranched alkanes of at least 4 members (excludes halogenated alkanes) is 1. The third kappa shape index (κ3) is 4.36. The lowest BCUT2D eigenvalue weighted by Crippen LogP contribution is -2.33. The minimum absolute atomic E-state index is 0.688. The van der Waals surface area contributed by atoms with E-state index >= 15 is 0 Å². The average molecular weight is 253 g/mol. The summed E-state index contributed by atoms with van der Waals surface area (Å²) in [6.45, 7) is 3.70. The van der Waals surface area contributed by atoms with Gasteiger partial charge in [0.2, 0.25) is 0 Å². The van der Waals surface area contributed by atoms with Crippen molar-refractivity contribution in [2.24, 2.45) is 12.8 Å². The molecule has 1 heterocycles. The molecule has 0 fully saturated rings. The lowest BCUT2D eigenvalue weighted by atomic mass is 9.99. The number of aromatic nitrogens is 3. The summed E-state index contributed by atoms with van der Waals surface area (Å²) < 4.78 is 1.98. The molecule has 5 nitrogen and oxygen atoms in total. The van der Waals surface area contributed by atoms with E-state index < -0.39 is 5.54 Å². The van der Waals surface area contributed by atoms with E-state index in [-0.39, 0.29) is 0 Å². The third-order valence-corrected chi connectivity index (χ3v) is 3.74. The van der Waals surface area contributed by atoms with Crippen LogP contribution in [0.3, 0.4) is 0 Å². The summed E-state index contributed by atoms with van der Waals surface area (Å²) in [4.78, 5) is 0. The topological polar surface area (TPSA) is 80.5 Å². The van der Waals surface area contributed by atoms with E-state index in [2.05, 4.69) is 16.3 Å². The fourth-order valence-electron chi connectivity index (χ4n) is 1.33. The van der Waals surface area contributed by atoms with Gasteiger partial charge in [0.15, 0.2) is 5.16 Å². The second-order valence-electron chi connectivity index (χ2n) is 4.42. The van der Waals surface area contributed by atoms with Gasteiger partial charge in [-0.25, -0.2) is 0 Å². The van der Waals surface area contributed by atoms with Crippen LogP contribution in [0, 0.1) is 18.3 Å². The van der Waals surface area contributed by atoms with E-state index in [0.29, 0.717) is 0 Å². The van der Waals surface area contributed by atoms with Crippen LogP contribution in [-0.2, 0) is 7.05 Å². The molecule has 1 rings (SSSR count). The average Bonchev–Trinajstić information content (AvgIpc) is 2.60. The highest BCUT2D eigenvalue weighted by atomic mass is 32.2. The molecule has 0 saturated heterocycles. The van der Waals surface area contributed by atoms with Crippen molar-refractivity contribution in [1.82, 2.24) is 14.8 Å². The highest BCUT2D eigenvalue weighted by Crippen LogP contribution is 2.18. The van der Waals surface area contributed by atoms with Gasteiger partial charge >= 0.3 is 0 Å². The Morgan fingerprint density at radius 1 is 1.47 bits per heavy atom. The summed E-state index contributed by atoms with van der Waals surface area (Å²) in [7, 11) is 1.96. The number of rotatable bonds is 6. The van der Waals surface area contributed by atoms with E-state index in [1.807, 2.05) is 18.5 Å². The zero-order chi connectivity index (χ0) is 12.9. The van der Waals surface area contributed by atoms with Crippen molar-refractivity contribution in [3.8, 4) is 6.07 Å². The number of thioether (sulfide) groups is 1. The number of hydrogen-bond donors (Lipinski definition) is 1. The predicted octanol–water partition coefficient (Wildman–Crippen LogP) is 1.63. The molecule has 2 N–H and O–H groups in total. The molecule has 0 radical (unpaired) electrons. The molecule has 6 heteroatoms. The maximum Gasteiger partial charge on any atom is 0.190 e. The van der Waals surface area contributed by atoms with Crippen LogP contribution in [0.5, 0.6) is 0 Å². The van der Waals surface area contributed by atoms with Crippen molar-refractivity contribution >= 4 is 11.8 Å². The maximum absolute atomic E-state index is 8.77. The van der Waals surface area contributed by atoms with Gasteiger partial charge in [-0.15, -0.1) is 10.2 Å². The molecule has 1 aromatic heterocycles. The van der Waals surface area contributed by atoms with Gasteiger partial charge in [0, 0.05) is 12.8 Å². The van der Waals surface area contributed by atoms with Crippen LogP contribution in [0.2, 0.25) is 0 Å². The van der Waals surface area contributed by atoms with Crippen LogP contribution in [0.25, 0.3) is 0 Å². The Morgan fingerprint density at radius 3 is 2.71 bits per heavy atom. The minimum Gasteiger partial charge on any atom is -0.314 e. The molecule has 0 saturated carbocycles. The van der Waals surface area contributed by atoms with Crippen LogP contribution in [-0.4, -0.2) is 26.1 Å².